The average molecular weight is 148 g/mol. The summed E-state index contributed by atoms with van der Waals surface area (Å²) < 4.78 is 6.40. The van der Waals surface area contributed by atoms with E-state index in [2.05, 4.69) is 0 Å². The largest absolute Gasteiger partial charge is 0.358 e. The summed E-state index contributed by atoms with van der Waals surface area (Å²) in [5.41, 5.74) is 0. The van der Waals surface area contributed by atoms with Gasteiger partial charge in [0.15, 0.2) is 0 Å². The smallest absolute Gasteiger partial charge is 0 e. The second-order valence-corrected chi connectivity index (χ2v) is 0.408. The van der Waals surface area contributed by atoms with E-state index in [1.807, 2.05) is 6.92 Å². The minimum Gasteiger partial charge on any atom is -0.358 e. The first-order chi connectivity index (χ1) is 1.91. The van der Waals surface area contributed by atoms with Crippen molar-refractivity contribution in [2.45, 2.75) is 13.8 Å². The molecule has 1 radical (unpaired) electrons. The van der Waals surface area contributed by atoms with Gasteiger partial charge in [0.2, 0.25) is 0 Å². The number of rotatable bonds is 0. The van der Waals surface area contributed by atoms with Gasteiger partial charge < -0.3 is 13.8 Å². The fourth-order valence-electron chi connectivity index (χ4n) is 0. The van der Waals surface area contributed by atoms with Gasteiger partial charge in [0.25, 0.3) is 0 Å². The summed E-state index contributed by atoms with van der Waals surface area (Å²) in [6.45, 7) is 2.31. The van der Waals surface area contributed by atoms with Gasteiger partial charge in [-0.15, -0.1) is 0 Å². The van der Waals surface area contributed by atoms with Gasteiger partial charge in [0, 0.05) is 32.7 Å². The predicted molar refractivity (Wildman–Crippen MR) is 22.1 cm³/mol. The van der Waals surface area contributed by atoms with Crippen molar-refractivity contribution in [3.63, 3.8) is 0 Å². The first kappa shape index (κ1) is 9.44. The molecular formula is C4H10Y-2. The van der Waals surface area contributed by atoms with Gasteiger partial charge in [-0.2, -0.15) is 13.8 Å². The van der Waals surface area contributed by atoms with Crippen molar-refractivity contribution in [2.75, 3.05) is 0 Å². The minimum atomic E-state index is 0. The van der Waals surface area contributed by atoms with Crippen molar-refractivity contribution in [1.82, 2.24) is 0 Å². The van der Waals surface area contributed by atoms with Gasteiger partial charge in [0.1, 0.15) is 0 Å². The fraction of sp³-hybridized carbons (Fsp3) is 0.500. The number of hydrogen-bond donors (Lipinski definition) is 0. The van der Waals surface area contributed by atoms with Crippen LogP contribution in [0.4, 0.5) is 0 Å². The Kier molecular flexibility index (Phi) is 36.7. The Morgan fingerprint density at radius 1 is 1.80 bits per heavy atom. The van der Waals surface area contributed by atoms with Crippen LogP contribution in [0.1, 0.15) is 15.2 Å². The number of hydrogen-bond acceptors (Lipinski definition) is 0. The second kappa shape index (κ2) is 19.4. The first-order valence-corrected chi connectivity index (χ1v) is 0.986. The van der Waals surface area contributed by atoms with Crippen LogP contribution in [0, 0.1) is 13.8 Å². The molecule has 0 nitrogen and oxygen atoms in total. The topological polar surface area (TPSA) is 0 Å². The van der Waals surface area contributed by atoms with Crippen molar-refractivity contribution in [1.29, 1.82) is 0 Å². The predicted octanol–water partition coefficient (Wildman–Crippen LogP) is 1.68. The maximum atomic E-state index is 6.40. The van der Waals surface area contributed by atoms with Crippen LogP contribution in [0.5, 0.6) is 0 Å². The van der Waals surface area contributed by atoms with Gasteiger partial charge in [0.05, 0.1) is 0 Å². The van der Waals surface area contributed by atoms with Crippen molar-refractivity contribution in [2.24, 2.45) is 0 Å². The zero-order valence-electron chi connectivity index (χ0n) is 4.86. The van der Waals surface area contributed by atoms with E-state index >= 15 is 0 Å². The molecule has 1 heteroatoms. The van der Waals surface area contributed by atoms with Crippen LogP contribution in [0.3, 0.4) is 0 Å². The Balaban J connectivity index is -0.0000000450. The summed E-state index contributed by atoms with van der Waals surface area (Å²) >= 11 is 0. The summed E-state index contributed by atoms with van der Waals surface area (Å²) in [5.74, 6) is 0. The van der Waals surface area contributed by atoms with E-state index in [9.17, 15) is 0 Å². The second-order valence-electron chi connectivity index (χ2n) is 0.408. The molecule has 0 saturated heterocycles. The third-order valence-electron chi connectivity index (χ3n) is 0. The van der Waals surface area contributed by atoms with Crippen LogP contribution in [0.15, 0.2) is 0 Å². The van der Waals surface area contributed by atoms with Crippen LogP contribution in [-0.4, -0.2) is 0 Å². The Hall–Kier alpha value is 1.10. The van der Waals surface area contributed by atoms with E-state index in [0.717, 1.165) is 0 Å². The maximum absolute atomic E-state index is 6.40. The maximum Gasteiger partial charge on any atom is 0 e. The SMILES string of the molecule is [2H]C[CH-]C.[CH3-].[Y]. The molecule has 0 aliphatic rings. The van der Waals surface area contributed by atoms with E-state index in [1.165, 1.54) is 0 Å². The van der Waals surface area contributed by atoms with E-state index in [-0.39, 0.29) is 40.1 Å². The van der Waals surface area contributed by atoms with Crippen LogP contribution < -0.4 is 0 Å². The Labute approximate surface area is 61.6 Å². The Morgan fingerprint density at radius 3 is 2.00 bits per heavy atom. The third kappa shape index (κ3) is 40.4. The molecule has 0 spiro atoms. The monoisotopic (exact) mass is 148 g/mol. The van der Waals surface area contributed by atoms with Crippen LogP contribution in [0.2, 0.25) is 0 Å². The molecule has 0 aromatic carbocycles. The molecule has 0 aliphatic carbocycles. The molecule has 0 aliphatic heterocycles. The van der Waals surface area contributed by atoms with Gasteiger partial charge in [-0.25, -0.2) is 0 Å². The molecule has 0 saturated carbocycles. The van der Waals surface area contributed by atoms with Crippen molar-refractivity contribution in [3.05, 3.63) is 13.8 Å². The molecule has 0 heterocycles. The van der Waals surface area contributed by atoms with E-state index in [0.29, 0.717) is 6.90 Å². The van der Waals surface area contributed by atoms with Crippen LogP contribution >= 0.6 is 0 Å². The quantitative estimate of drug-likeness (QED) is 0.458. The normalized spacial score (nSPS) is 6.20. The summed E-state index contributed by atoms with van der Waals surface area (Å²) in [7, 11) is 0. The van der Waals surface area contributed by atoms with E-state index in [4.69, 9.17) is 1.37 Å². The van der Waals surface area contributed by atoms with Crippen LogP contribution in [0.25, 0.3) is 0 Å². The first-order valence-electron chi connectivity index (χ1n) is 1.69. The van der Waals surface area contributed by atoms with Gasteiger partial charge >= 0.3 is 0 Å². The van der Waals surface area contributed by atoms with E-state index in [1.54, 1.807) is 6.42 Å². The summed E-state index contributed by atoms with van der Waals surface area (Å²) in [5, 5.41) is 0. The zero-order chi connectivity index (χ0) is 3.41. The molecule has 0 N–H and O–H groups in total. The Bertz CT molecular complexity index is 9.51. The molecule has 0 bridgehead atoms. The standard InChI is InChI=1S/C3H7.CH3.Y/c1-3-2;;/h3H,1-2H3;1H3;/q2*-1;/i1D;;. The molecule has 5 heavy (non-hydrogen) atoms. The van der Waals surface area contributed by atoms with Crippen molar-refractivity contribution >= 4 is 0 Å². The van der Waals surface area contributed by atoms with Crippen molar-refractivity contribution < 1.29 is 34.1 Å². The average Bonchev–Trinajstić information content (AvgIpc) is 1.37. The summed E-state index contributed by atoms with van der Waals surface area (Å²) in [4.78, 5) is 0. The van der Waals surface area contributed by atoms with E-state index < -0.39 is 0 Å². The van der Waals surface area contributed by atoms with Crippen LogP contribution in [-0.2, 0) is 32.7 Å². The molecule has 0 aromatic rings. The molecule has 31 valence electrons. The molecule has 0 atom stereocenters. The zero-order valence-corrected chi connectivity index (χ0v) is 6.70. The third-order valence-corrected chi connectivity index (χ3v) is 0. The Morgan fingerprint density at radius 2 is 2.00 bits per heavy atom. The van der Waals surface area contributed by atoms with Crippen molar-refractivity contribution in [3.8, 4) is 0 Å². The summed E-state index contributed by atoms with van der Waals surface area (Å²) in [6, 6.07) is 0. The summed E-state index contributed by atoms with van der Waals surface area (Å²) in [6.07, 6.45) is 1.79. The van der Waals surface area contributed by atoms with Gasteiger partial charge in [-0.05, 0) is 1.37 Å². The molecule has 0 amide bonds. The van der Waals surface area contributed by atoms with Gasteiger partial charge in [-0.3, -0.25) is 0 Å². The molecule has 0 aromatic heterocycles. The molecular weight excluding hydrogens is 137 g/mol. The fourth-order valence-corrected chi connectivity index (χ4v) is 0. The molecule has 0 unspecified atom stereocenters. The minimum absolute atomic E-state index is 0. The van der Waals surface area contributed by atoms with Gasteiger partial charge in [-0.1, -0.05) is 0 Å². The molecule has 0 rings (SSSR count). The molecule has 0 fully saturated rings.